The van der Waals surface area contributed by atoms with Gasteiger partial charge in [0.25, 0.3) is 0 Å². The molecule has 0 aromatic rings. The second kappa shape index (κ2) is 5.85. The molecule has 4 heteroatoms. The molecule has 0 aromatic carbocycles. The van der Waals surface area contributed by atoms with Gasteiger partial charge in [-0.25, -0.2) is 0 Å². The topological polar surface area (TPSA) is 24.5 Å². The van der Waals surface area contributed by atoms with Gasteiger partial charge in [0.05, 0.1) is 13.2 Å². The zero-order valence-corrected chi connectivity index (χ0v) is 9.75. The molecule has 1 saturated carbocycles. The van der Waals surface area contributed by atoms with Crippen LogP contribution in [0.5, 0.6) is 0 Å². The molecule has 3 nitrogen and oxygen atoms in total. The number of morpholine rings is 1. The minimum absolute atomic E-state index is 0.507. The first-order valence-electron chi connectivity index (χ1n) is 5.70. The Labute approximate surface area is 96.4 Å². The third kappa shape index (κ3) is 3.76. The van der Waals surface area contributed by atoms with Crippen LogP contribution in [0.4, 0.5) is 0 Å². The molecule has 1 N–H and O–H groups in total. The van der Waals surface area contributed by atoms with Crippen molar-refractivity contribution in [3.63, 3.8) is 0 Å². The van der Waals surface area contributed by atoms with Gasteiger partial charge in [-0.3, -0.25) is 4.90 Å². The Morgan fingerprint density at radius 1 is 1.47 bits per heavy atom. The molecule has 1 aliphatic carbocycles. The summed E-state index contributed by atoms with van der Waals surface area (Å²) in [6.07, 6.45) is 4.68. The van der Waals surface area contributed by atoms with Crippen LogP contribution in [0.1, 0.15) is 12.8 Å². The smallest absolute Gasteiger partial charge is 0.0635 e. The van der Waals surface area contributed by atoms with Gasteiger partial charge in [0.2, 0.25) is 0 Å². The Balaban J connectivity index is 1.75. The summed E-state index contributed by atoms with van der Waals surface area (Å²) in [6.45, 7) is 4.68. The fraction of sp³-hybridized carbons (Fsp3) is 0.818. The van der Waals surface area contributed by atoms with Crippen LogP contribution in [0.3, 0.4) is 0 Å². The number of nitrogens with one attached hydrogen (secondary N) is 1. The fourth-order valence-electron chi connectivity index (χ4n) is 1.88. The molecule has 86 valence electrons. The van der Waals surface area contributed by atoms with Gasteiger partial charge in [-0.2, -0.15) is 0 Å². The number of ether oxygens (including phenoxy) is 1. The van der Waals surface area contributed by atoms with Gasteiger partial charge in [-0.15, -0.1) is 0 Å². The van der Waals surface area contributed by atoms with Gasteiger partial charge < -0.3 is 10.1 Å². The van der Waals surface area contributed by atoms with Crippen LogP contribution in [0.15, 0.2) is 11.6 Å². The van der Waals surface area contributed by atoms with Gasteiger partial charge in [0, 0.05) is 37.3 Å². The van der Waals surface area contributed by atoms with E-state index < -0.39 is 0 Å². The van der Waals surface area contributed by atoms with Gasteiger partial charge in [-0.1, -0.05) is 17.7 Å². The maximum absolute atomic E-state index is 5.55. The first kappa shape index (κ1) is 11.4. The van der Waals surface area contributed by atoms with Crippen molar-refractivity contribution in [3.8, 4) is 0 Å². The van der Waals surface area contributed by atoms with E-state index in [9.17, 15) is 0 Å². The molecule has 0 radical (unpaired) electrons. The summed E-state index contributed by atoms with van der Waals surface area (Å²) in [7, 11) is 0. The predicted octanol–water partition coefficient (Wildman–Crippen LogP) is 1.19. The van der Waals surface area contributed by atoms with Gasteiger partial charge >= 0.3 is 0 Å². The van der Waals surface area contributed by atoms with Crippen molar-refractivity contribution in [1.29, 1.82) is 0 Å². The van der Waals surface area contributed by atoms with E-state index in [1.54, 1.807) is 5.54 Å². The average molecular weight is 231 g/mol. The van der Waals surface area contributed by atoms with Crippen LogP contribution in [-0.2, 0) is 4.74 Å². The van der Waals surface area contributed by atoms with Crippen LogP contribution in [0.25, 0.3) is 0 Å². The number of nitrogens with zero attached hydrogens (tertiary/aromatic N) is 1. The molecule has 0 spiro atoms. The lowest BCUT2D eigenvalue weighted by atomic mass is 10.2. The summed E-state index contributed by atoms with van der Waals surface area (Å²) in [6, 6.07) is 1.28. The van der Waals surface area contributed by atoms with Crippen LogP contribution in [0.2, 0.25) is 0 Å². The number of hydrogen-bond donors (Lipinski definition) is 1. The van der Waals surface area contributed by atoms with Gasteiger partial charge in [-0.05, 0) is 12.8 Å². The van der Waals surface area contributed by atoms with Crippen molar-refractivity contribution in [3.05, 3.63) is 11.6 Å². The van der Waals surface area contributed by atoms with Crippen molar-refractivity contribution >= 4 is 11.6 Å². The van der Waals surface area contributed by atoms with Crippen molar-refractivity contribution < 1.29 is 4.74 Å². The Morgan fingerprint density at radius 3 is 3.07 bits per heavy atom. The molecule has 0 bridgehead atoms. The van der Waals surface area contributed by atoms with E-state index in [2.05, 4.69) is 10.2 Å². The average Bonchev–Trinajstić information content (AvgIpc) is 3.08. The summed E-state index contributed by atoms with van der Waals surface area (Å²) < 4.78 is 5.51. The van der Waals surface area contributed by atoms with Crippen molar-refractivity contribution in [1.82, 2.24) is 10.2 Å². The van der Waals surface area contributed by atoms with E-state index >= 15 is 0 Å². The number of hydrogen-bond acceptors (Lipinski definition) is 3. The molecule has 2 rings (SSSR count). The molecule has 2 aliphatic rings. The third-order valence-electron chi connectivity index (χ3n) is 3.00. The predicted molar refractivity (Wildman–Crippen MR) is 62.2 cm³/mol. The summed E-state index contributed by atoms with van der Waals surface area (Å²) in [5.74, 6) is 0. The van der Waals surface area contributed by atoms with Crippen molar-refractivity contribution in [2.45, 2.75) is 24.9 Å². The van der Waals surface area contributed by atoms with E-state index in [0.717, 1.165) is 38.9 Å². The van der Waals surface area contributed by atoms with E-state index in [-0.39, 0.29) is 0 Å². The van der Waals surface area contributed by atoms with E-state index in [1.807, 2.05) is 6.08 Å². The molecular formula is C11H19ClN2O. The molecule has 2 fully saturated rings. The summed E-state index contributed by atoms with van der Waals surface area (Å²) in [5, 5.41) is 3.55. The van der Waals surface area contributed by atoms with Crippen molar-refractivity contribution in [2.75, 3.05) is 32.8 Å². The van der Waals surface area contributed by atoms with E-state index in [1.165, 1.54) is 12.8 Å². The Kier molecular flexibility index (Phi) is 4.44. The second-order valence-corrected chi connectivity index (χ2v) is 4.52. The molecule has 1 heterocycles. The lowest BCUT2D eigenvalue weighted by Gasteiger charge is -2.35. The highest BCUT2D eigenvalue weighted by Gasteiger charge is 2.26. The van der Waals surface area contributed by atoms with Crippen LogP contribution < -0.4 is 5.32 Å². The maximum atomic E-state index is 5.55. The quantitative estimate of drug-likeness (QED) is 0.768. The van der Waals surface area contributed by atoms with E-state index in [4.69, 9.17) is 16.3 Å². The first-order valence-corrected chi connectivity index (χ1v) is 6.14. The molecular weight excluding hydrogens is 212 g/mol. The minimum atomic E-state index is 0.507. The lowest BCUT2D eigenvalue weighted by Crippen LogP contribution is -2.50. The Bertz CT molecular complexity index is 219. The maximum Gasteiger partial charge on any atom is 0.0635 e. The van der Waals surface area contributed by atoms with Crippen LogP contribution >= 0.6 is 11.6 Å². The summed E-state index contributed by atoms with van der Waals surface area (Å²) in [4.78, 5) is 2.43. The number of rotatable bonds is 5. The second-order valence-electron chi connectivity index (χ2n) is 4.27. The largest absolute Gasteiger partial charge is 0.378 e. The zero-order valence-electron chi connectivity index (χ0n) is 8.99. The first-order chi connectivity index (χ1) is 7.40. The normalized spacial score (nSPS) is 28.7. The van der Waals surface area contributed by atoms with E-state index in [0.29, 0.717) is 6.04 Å². The minimum Gasteiger partial charge on any atom is -0.378 e. The zero-order chi connectivity index (χ0) is 10.5. The number of halogens is 1. The molecule has 1 atom stereocenters. The van der Waals surface area contributed by atoms with Crippen molar-refractivity contribution in [2.24, 2.45) is 0 Å². The third-order valence-corrected chi connectivity index (χ3v) is 3.18. The molecule has 15 heavy (non-hydrogen) atoms. The highest BCUT2D eigenvalue weighted by Crippen LogP contribution is 2.19. The van der Waals surface area contributed by atoms with Crippen LogP contribution in [0, 0.1) is 0 Å². The molecule has 1 unspecified atom stereocenters. The fourth-order valence-corrected chi connectivity index (χ4v) is 1.96. The molecule has 1 aliphatic heterocycles. The molecule has 0 aromatic heterocycles. The Morgan fingerprint density at radius 2 is 2.33 bits per heavy atom. The summed E-state index contributed by atoms with van der Waals surface area (Å²) >= 11 is 5.55. The standard InChI is InChI=1S/C11H19ClN2O/c12-4-1-5-14-6-7-15-9-11(14)8-13-10-2-3-10/h1,4,10-11,13H,2-3,5-9H2/b4-1+. The lowest BCUT2D eigenvalue weighted by molar-refractivity contribution is -0.00112. The molecule has 0 amide bonds. The van der Waals surface area contributed by atoms with Gasteiger partial charge in [0.15, 0.2) is 0 Å². The van der Waals surface area contributed by atoms with Crippen LogP contribution in [-0.4, -0.2) is 49.8 Å². The monoisotopic (exact) mass is 230 g/mol. The highest BCUT2D eigenvalue weighted by atomic mass is 35.5. The van der Waals surface area contributed by atoms with Gasteiger partial charge in [0.1, 0.15) is 0 Å². The molecule has 1 saturated heterocycles. The summed E-state index contributed by atoms with van der Waals surface area (Å²) in [5.41, 5.74) is 1.60. The SMILES string of the molecule is Cl/C=C/CN1CCOCC1CNC1CC1. The Hall–Kier alpha value is -0.0900. The highest BCUT2D eigenvalue weighted by molar-refractivity contribution is 6.25.